The molecule has 2 aromatic heterocycles. The summed E-state index contributed by atoms with van der Waals surface area (Å²) in [6.07, 6.45) is 0.599. The molecule has 0 fully saturated rings. The van der Waals surface area contributed by atoms with E-state index in [2.05, 4.69) is 9.97 Å². The van der Waals surface area contributed by atoms with Crippen molar-refractivity contribution in [1.29, 1.82) is 0 Å². The smallest absolute Gasteiger partial charge is 0.354 e. The van der Waals surface area contributed by atoms with Gasteiger partial charge in [0.25, 0.3) is 0 Å². The fourth-order valence-corrected chi connectivity index (χ4v) is 2.40. The molecule has 1 atom stereocenters. The number of pyridine rings is 1. The number of aliphatic hydroxyl groups is 1. The molecule has 1 aromatic carbocycles. The van der Waals surface area contributed by atoms with E-state index in [1.165, 1.54) is 7.11 Å². The Bertz CT molecular complexity index is 781. The zero-order chi connectivity index (χ0) is 14.8. The number of hydrogen-bond donors (Lipinski definition) is 2. The van der Waals surface area contributed by atoms with Crippen molar-refractivity contribution in [3.63, 3.8) is 0 Å². The second-order valence-corrected chi connectivity index (χ2v) is 4.61. The van der Waals surface area contributed by atoms with Crippen LogP contribution < -0.4 is 0 Å². The first-order valence-electron chi connectivity index (χ1n) is 6.50. The molecule has 0 aliphatic rings. The lowest BCUT2D eigenvalue weighted by molar-refractivity contribution is 0.0589. The minimum absolute atomic E-state index is 0.247. The third-order valence-electron chi connectivity index (χ3n) is 3.38. The number of aliphatic hydroxyl groups excluding tert-OH is 1. The topological polar surface area (TPSA) is 75.2 Å². The van der Waals surface area contributed by atoms with Crippen LogP contribution in [0.2, 0.25) is 0 Å². The SMILES string of the molecule is COC(=O)c1[nH]c2ccccc2c1C(O)c1ccccn1. The van der Waals surface area contributed by atoms with Gasteiger partial charge < -0.3 is 14.8 Å². The van der Waals surface area contributed by atoms with Gasteiger partial charge in [0, 0.05) is 22.7 Å². The Morgan fingerprint density at radius 1 is 1.24 bits per heavy atom. The van der Waals surface area contributed by atoms with Crippen LogP contribution in [0.1, 0.15) is 27.8 Å². The molecule has 0 aliphatic heterocycles. The molecule has 0 bridgehead atoms. The molecule has 21 heavy (non-hydrogen) atoms. The highest BCUT2D eigenvalue weighted by atomic mass is 16.5. The minimum Gasteiger partial charge on any atom is -0.464 e. The fraction of sp³-hybridized carbons (Fsp3) is 0.125. The Balaban J connectivity index is 2.22. The number of para-hydroxylation sites is 1. The first-order chi connectivity index (χ1) is 10.2. The van der Waals surface area contributed by atoms with Gasteiger partial charge in [0.05, 0.1) is 12.8 Å². The Kier molecular flexibility index (Phi) is 3.41. The number of esters is 1. The lowest BCUT2D eigenvalue weighted by Crippen LogP contribution is -2.10. The average Bonchev–Trinajstić information content (AvgIpc) is 2.93. The Labute approximate surface area is 121 Å². The number of methoxy groups -OCH3 is 1. The molecule has 0 aliphatic carbocycles. The maximum Gasteiger partial charge on any atom is 0.354 e. The van der Waals surface area contributed by atoms with Crippen LogP contribution in [0.15, 0.2) is 48.7 Å². The van der Waals surface area contributed by atoms with E-state index >= 15 is 0 Å². The standard InChI is InChI=1S/C16H14N2O3/c1-21-16(20)14-13(10-6-2-3-7-11(10)18-14)15(19)12-8-4-5-9-17-12/h2-9,15,18-19H,1H3. The molecule has 5 nitrogen and oxygen atoms in total. The summed E-state index contributed by atoms with van der Waals surface area (Å²) in [5.41, 5.74) is 1.98. The largest absolute Gasteiger partial charge is 0.464 e. The Morgan fingerprint density at radius 2 is 2.00 bits per heavy atom. The highest BCUT2D eigenvalue weighted by Crippen LogP contribution is 2.31. The molecule has 2 N–H and O–H groups in total. The number of hydrogen-bond acceptors (Lipinski definition) is 4. The minimum atomic E-state index is -1.00. The zero-order valence-corrected chi connectivity index (χ0v) is 11.4. The van der Waals surface area contributed by atoms with Gasteiger partial charge in [0.15, 0.2) is 0 Å². The van der Waals surface area contributed by atoms with Crippen LogP contribution in [0.5, 0.6) is 0 Å². The number of benzene rings is 1. The number of fused-ring (bicyclic) bond motifs is 1. The number of rotatable bonds is 3. The third-order valence-corrected chi connectivity index (χ3v) is 3.38. The van der Waals surface area contributed by atoms with Crippen molar-refractivity contribution >= 4 is 16.9 Å². The monoisotopic (exact) mass is 282 g/mol. The van der Waals surface area contributed by atoms with E-state index in [0.717, 1.165) is 10.9 Å². The van der Waals surface area contributed by atoms with E-state index in [9.17, 15) is 9.90 Å². The molecule has 0 saturated carbocycles. The molecule has 0 saturated heterocycles. The first-order valence-corrected chi connectivity index (χ1v) is 6.50. The van der Waals surface area contributed by atoms with E-state index in [-0.39, 0.29) is 5.69 Å². The van der Waals surface area contributed by atoms with E-state index in [0.29, 0.717) is 11.3 Å². The first kappa shape index (κ1) is 13.3. The van der Waals surface area contributed by atoms with Gasteiger partial charge in [-0.25, -0.2) is 4.79 Å². The summed E-state index contributed by atoms with van der Waals surface area (Å²) in [6, 6.07) is 12.7. The third kappa shape index (κ3) is 2.28. The number of carbonyl (C=O) groups excluding carboxylic acids is 1. The van der Waals surface area contributed by atoms with Gasteiger partial charge in [0.1, 0.15) is 11.8 Å². The van der Waals surface area contributed by atoms with Crippen LogP contribution in [-0.4, -0.2) is 28.2 Å². The van der Waals surface area contributed by atoms with Crippen molar-refractivity contribution in [2.24, 2.45) is 0 Å². The molecule has 3 rings (SSSR count). The zero-order valence-electron chi connectivity index (χ0n) is 11.4. The van der Waals surface area contributed by atoms with Gasteiger partial charge in [-0.15, -0.1) is 0 Å². The van der Waals surface area contributed by atoms with Crippen LogP contribution in [0.4, 0.5) is 0 Å². The maximum absolute atomic E-state index is 12.0. The normalized spacial score (nSPS) is 12.3. The summed E-state index contributed by atoms with van der Waals surface area (Å²) in [5.74, 6) is -0.517. The van der Waals surface area contributed by atoms with E-state index in [4.69, 9.17) is 4.74 Å². The molecule has 3 aromatic rings. The van der Waals surface area contributed by atoms with E-state index < -0.39 is 12.1 Å². The van der Waals surface area contributed by atoms with Crippen molar-refractivity contribution in [2.45, 2.75) is 6.10 Å². The summed E-state index contributed by atoms with van der Waals surface area (Å²) in [7, 11) is 1.31. The summed E-state index contributed by atoms with van der Waals surface area (Å²) < 4.78 is 4.79. The predicted octanol–water partition coefficient (Wildman–Crippen LogP) is 2.43. The van der Waals surface area contributed by atoms with Crippen LogP contribution in [0.3, 0.4) is 0 Å². The highest BCUT2D eigenvalue weighted by molar-refractivity contribution is 5.98. The molecular formula is C16H14N2O3. The molecule has 0 amide bonds. The summed E-state index contributed by atoms with van der Waals surface area (Å²) in [6.45, 7) is 0. The highest BCUT2D eigenvalue weighted by Gasteiger charge is 2.25. The number of aromatic nitrogens is 2. The van der Waals surface area contributed by atoms with Crippen LogP contribution >= 0.6 is 0 Å². The molecule has 0 spiro atoms. The number of carbonyl (C=O) groups is 1. The number of aromatic amines is 1. The Morgan fingerprint density at radius 3 is 2.71 bits per heavy atom. The average molecular weight is 282 g/mol. The summed E-state index contributed by atoms with van der Waals surface area (Å²) >= 11 is 0. The second-order valence-electron chi connectivity index (χ2n) is 4.61. The summed E-state index contributed by atoms with van der Waals surface area (Å²) in [4.78, 5) is 19.1. The fourth-order valence-electron chi connectivity index (χ4n) is 2.40. The maximum atomic E-state index is 12.0. The van der Waals surface area contributed by atoms with Crippen LogP contribution in [-0.2, 0) is 4.74 Å². The van der Waals surface area contributed by atoms with E-state index in [1.807, 2.05) is 24.3 Å². The number of ether oxygens (including phenoxy) is 1. The van der Waals surface area contributed by atoms with Gasteiger partial charge in [-0.2, -0.15) is 0 Å². The number of H-pyrrole nitrogens is 1. The molecule has 106 valence electrons. The molecule has 1 unspecified atom stereocenters. The Hall–Kier alpha value is -2.66. The molecule has 2 heterocycles. The van der Waals surface area contributed by atoms with Crippen LogP contribution in [0, 0.1) is 0 Å². The van der Waals surface area contributed by atoms with Crippen molar-refractivity contribution in [2.75, 3.05) is 7.11 Å². The predicted molar refractivity (Wildman–Crippen MR) is 77.9 cm³/mol. The lowest BCUT2D eigenvalue weighted by Gasteiger charge is -2.11. The number of nitrogens with zero attached hydrogens (tertiary/aromatic N) is 1. The van der Waals surface area contributed by atoms with Crippen molar-refractivity contribution in [1.82, 2.24) is 9.97 Å². The van der Waals surface area contributed by atoms with Gasteiger partial charge in [-0.1, -0.05) is 24.3 Å². The molecule has 5 heteroatoms. The quantitative estimate of drug-likeness (QED) is 0.723. The summed E-state index contributed by atoms with van der Waals surface area (Å²) in [5, 5.41) is 11.4. The molecule has 0 radical (unpaired) electrons. The van der Waals surface area contributed by atoms with Gasteiger partial charge >= 0.3 is 5.97 Å². The van der Waals surface area contributed by atoms with Crippen molar-refractivity contribution in [3.8, 4) is 0 Å². The van der Waals surface area contributed by atoms with Gasteiger partial charge in [-0.05, 0) is 18.2 Å². The van der Waals surface area contributed by atoms with Crippen LogP contribution in [0.25, 0.3) is 10.9 Å². The van der Waals surface area contributed by atoms with Crippen molar-refractivity contribution < 1.29 is 14.6 Å². The number of nitrogens with one attached hydrogen (secondary N) is 1. The van der Waals surface area contributed by atoms with E-state index in [1.54, 1.807) is 24.4 Å². The molecular weight excluding hydrogens is 268 g/mol. The lowest BCUT2D eigenvalue weighted by atomic mass is 10.0. The second kappa shape index (κ2) is 5.38. The van der Waals surface area contributed by atoms with Crippen molar-refractivity contribution in [3.05, 3.63) is 65.6 Å². The van der Waals surface area contributed by atoms with Gasteiger partial charge in [-0.3, -0.25) is 4.98 Å². The van der Waals surface area contributed by atoms with Gasteiger partial charge in [0.2, 0.25) is 0 Å².